The maximum Gasteiger partial charge on any atom is 0.437 e. The van der Waals surface area contributed by atoms with Crippen LogP contribution in [0.1, 0.15) is 37.0 Å². The molecule has 1 rings (SSSR count). The van der Waals surface area contributed by atoms with Crippen LogP contribution in [0.4, 0.5) is 19.2 Å². The molecule has 0 atom stereocenters. The molecule has 1 aromatic rings. The molecule has 0 saturated heterocycles. The first kappa shape index (κ1) is 16.3. The van der Waals surface area contributed by atoms with Crippen LogP contribution in [0.2, 0.25) is 0 Å². The fourth-order valence-corrected chi connectivity index (χ4v) is 1.29. The van der Waals surface area contributed by atoms with E-state index in [9.17, 15) is 18.0 Å². The zero-order valence-corrected chi connectivity index (χ0v) is 11.3. The van der Waals surface area contributed by atoms with Crippen LogP contribution in [0.5, 0.6) is 0 Å². The van der Waals surface area contributed by atoms with Gasteiger partial charge in [0.1, 0.15) is 0 Å². The molecule has 1 heterocycles. The largest absolute Gasteiger partial charge is 0.437 e. The molecule has 9 heteroatoms. The predicted octanol–water partition coefficient (Wildman–Crippen LogP) is 1.63. The Bertz CT molecular complexity index is 477. The maximum atomic E-state index is 12.8. The summed E-state index contributed by atoms with van der Waals surface area (Å²) >= 11 is 0. The summed E-state index contributed by atoms with van der Waals surface area (Å²) in [5.41, 5.74) is -1.98. The van der Waals surface area contributed by atoms with E-state index in [-0.39, 0.29) is 12.6 Å². The molecule has 1 amide bonds. The minimum Gasteiger partial charge on any atom is -0.418 e. The highest BCUT2D eigenvalue weighted by Crippen LogP contribution is 2.33. The van der Waals surface area contributed by atoms with Gasteiger partial charge in [-0.3, -0.25) is 4.79 Å². The predicted molar refractivity (Wildman–Crippen MR) is 64.3 cm³/mol. The number of nitrogens with zero attached hydrogens (tertiary/aromatic N) is 1. The lowest BCUT2D eigenvalue weighted by atomic mass is 10.1. The first-order chi connectivity index (χ1) is 9.04. The number of amides is 1. The number of anilines is 1. The van der Waals surface area contributed by atoms with Crippen LogP contribution in [0, 0.1) is 0 Å². The third-order valence-electron chi connectivity index (χ3n) is 1.98. The van der Waals surface area contributed by atoms with Crippen molar-refractivity contribution in [1.29, 1.82) is 0 Å². The van der Waals surface area contributed by atoms with Crippen LogP contribution in [0.3, 0.4) is 0 Å². The third kappa shape index (κ3) is 4.41. The van der Waals surface area contributed by atoms with E-state index >= 15 is 0 Å². The molecule has 20 heavy (non-hydrogen) atoms. The summed E-state index contributed by atoms with van der Waals surface area (Å²) in [6.07, 6.45) is -4.81. The Labute approximate surface area is 113 Å². The van der Waals surface area contributed by atoms with Crippen molar-refractivity contribution in [3.8, 4) is 0 Å². The van der Waals surface area contributed by atoms with Crippen molar-refractivity contribution in [1.82, 2.24) is 10.3 Å². The Morgan fingerprint density at radius 1 is 1.35 bits per heavy atom. The molecule has 0 radical (unpaired) electrons. The molecule has 0 fully saturated rings. The number of aliphatic hydroxyl groups is 1. The van der Waals surface area contributed by atoms with Crippen molar-refractivity contribution >= 4 is 11.9 Å². The van der Waals surface area contributed by atoms with E-state index in [2.05, 4.69) is 15.6 Å². The lowest BCUT2D eigenvalue weighted by Gasteiger charge is -2.18. The Morgan fingerprint density at radius 2 is 1.95 bits per heavy atom. The number of nitrogens with one attached hydrogen (secondary N) is 2. The van der Waals surface area contributed by atoms with Gasteiger partial charge >= 0.3 is 6.18 Å². The first-order valence-electron chi connectivity index (χ1n) is 5.80. The van der Waals surface area contributed by atoms with E-state index in [0.29, 0.717) is 0 Å². The standard InChI is InChI=1S/C11H16F3N3O3/c1-10(2,3)17-9-16-7(11(12,13)14)6(20-9)8(19)15-4-5-18/h18H,4-5H2,1-3H3,(H,15,19)(H,16,17). The second-order valence-corrected chi connectivity index (χ2v) is 5.05. The molecule has 114 valence electrons. The molecule has 0 aliphatic heterocycles. The van der Waals surface area contributed by atoms with Crippen molar-refractivity contribution in [2.45, 2.75) is 32.5 Å². The highest BCUT2D eigenvalue weighted by molar-refractivity contribution is 5.92. The molecule has 0 aliphatic rings. The van der Waals surface area contributed by atoms with E-state index in [1.54, 1.807) is 20.8 Å². The monoisotopic (exact) mass is 295 g/mol. The minimum absolute atomic E-state index is 0.182. The van der Waals surface area contributed by atoms with Gasteiger partial charge in [-0.15, -0.1) is 0 Å². The number of oxazole rings is 1. The molecule has 0 saturated carbocycles. The fraction of sp³-hybridized carbons (Fsp3) is 0.636. The second kappa shape index (κ2) is 5.70. The van der Waals surface area contributed by atoms with Crippen molar-refractivity contribution in [3.05, 3.63) is 11.5 Å². The summed E-state index contributed by atoms with van der Waals surface area (Å²) < 4.78 is 43.2. The van der Waals surface area contributed by atoms with Gasteiger partial charge in [0, 0.05) is 12.1 Å². The Balaban J connectivity index is 3.10. The van der Waals surface area contributed by atoms with Gasteiger partial charge < -0.3 is 20.2 Å². The summed E-state index contributed by atoms with van der Waals surface area (Å²) in [5.74, 6) is -2.02. The summed E-state index contributed by atoms with van der Waals surface area (Å²) in [6.45, 7) is 4.54. The minimum atomic E-state index is -4.81. The number of carbonyl (C=O) groups excluding carboxylic acids is 1. The SMILES string of the molecule is CC(C)(C)Nc1nc(C(F)(F)F)c(C(=O)NCCO)o1. The normalized spacial score (nSPS) is 12.3. The average molecular weight is 295 g/mol. The van der Waals surface area contributed by atoms with Crippen LogP contribution in [-0.4, -0.2) is 34.7 Å². The van der Waals surface area contributed by atoms with Crippen LogP contribution in [0.15, 0.2) is 4.42 Å². The van der Waals surface area contributed by atoms with Gasteiger partial charge in [-0.25, -0.2) is 0 Å². The van der Waals surface area contributed by atoms with Crippen molar-refractivity contribution in [2.24, 2.45) is 0 Å². The second-order valence-electron chi connectivity index (χ2n) is 5.05. The Hall–Kier alpha value is -1.77. The Kier molecular flexibility index (Phi) is 4.64. The molecule has 0 unspecified atom stereocenters. The zero-order valence-electron chi connectivity index (χ0n) is 11.3. The molecule has 1 aromatic heterocycles. The molecule has 0 bridgehead atoms. The Morgan fingerprint density at radius 3 is 2.40 bits per heavy atom. The van der Waals surface area contributed by atoms with Crippen LogP contribution in [-0.2, 0) is 6.18 Å². The summed E-state index contributed by atoms with van der Waals surface area (Å²) in [5, 5.41) is 13.3. The van der Waals surface area contributed by atoms with Crippen molar-refractivity contribution < 1.29 is 27.5 Å². The van der Waals surface area contributed by atoms with Crippen LogP contribution < -0.4 is 10.6 Å². The number of hydrogen-bond donors (Lipinski definition) is 3. The average Bonchev–Trinajstić information content (AvgIpc) is 2.66. The van der Waals surface area contributed by atoms with Gasteiger partial charge in [-0.05, 0) is 20.8 Å². The highest BCUT2D eigenvalue weighted by atomic mass is 19.4. The van der Waals surface area contributed by atoms with E-state index < -0.39 is 35.7 Å². The van der Waals surface area contributed by atoms with Gasteiger partial charge in [0.2, 0.25) is 5.76 Å². The van der Waals surface area contributed by atoms with E-state index in [4.69, 9.17) is 9.52 Å². The molecule has 3 N–H and O–H groups in total. The molecule has 6 nitrogen and oxygen atoms in total. The molecular weight excluding hydrogens is 279 g/mol. The highest BCUT2D eigenvalue weighted by Gasteiger charge is 2.41. The van der Waals surface area contributed by atoms with E-state index in [1.807, 2.05) is 0 Å². The van der Waals surface area contributed by atoms with E-state index in [0.717, 1.165) is 0 Å². The fourth-order valence-electron chi connectivity index (χ4n) is 1.29. The van der Waals surface area contributed by atoms with Crippen LogP contribution in [0.25, 0.3) is 0 Å². The molecule has 0 spiro atoms. The lowest BCUT2D eigenvalue weighted by Crippen LogP contribution is -2.28. The van der Waals surface area contributed by atoms with Crippen LogP contribution >= 0.6 is 0 Å². The molecule has 0 aliphatic carbocycles. The topological polar surface area (TPSA) is 87.4 Å². The number of aliphatic hydroxyl groups excluding tert-OH is 1. The number of aromatic nitrogens is 1. The zero-order chi connectivity index (χ0) is 15.6. The van der Waals surface area contributed by atoms with Gasteiger partial charge in [0.05, 0.1) is 6.61 Å². The third-order valence-corrected chi connectivity index (χ3v) is 1.98. The number of hydrogen-bond acceptors (Lipinski definition) is 5. The number of halogens is 3. The summed E-state index contributed by atoms with van der Waals surface area (Å²) in [7, 11) is 0. The summed E-state index contributed by atoms with van der Waals surface area (Å²) in [6, 6.07) is -0.390. The lowest BCUT2D eigenvalue weighted by molar-refractivity contribution is -0.141. The van der Waals surface area contributed by atoms with Gasteiger partial charge in [0.25, 0.3) is 11.9 Å². The smallest absolute Gasteiger partial charge is 0.418 e. The first-order valence-corrected chi connectivity index (χ1v) is 5.80. The number of alkyl halides is 3. The van der Waals surface area contributed by atoms with E-state index in [1.165, 1.54) is 0 Å². The number of rotatable bonds is 4. The molecule has 0 aromatic carbocycles. The van der Waals surface area contributed by atoms with Gasteiger partial charge in [-0.1, -0.05) is 0 Å². The molecular formula is C11H16F3N3O3. The maximum absolute atomic E-state index is 12.8. The van der Waals surface area contributed by atoms with Crippen molar-refractivity contribution in [3.63, 3.8) is 0 Å². The van der Waals surface area contributed by atoms with Gasteiger partial charge in [0.15, 0.2) is 5.69 Å². The quantitative estimate of drug-likeness (QED) is 0.786. The summed E-state index contributed by atoms with van der Waals surface area (Å²) in [4.78, 5) is 14.8. The van der Waals surface area contributed by atoms with Crippen molar-refractivity contribution in [2.75, 3.05) is 18.5 Å². The number of carbonyl (C=O) groups is 1. The van der Waals surface area contributed by atoms with Gasteiger partial charge in [-0.2, -0.15) is 18.2 Å².